The molecule has 6 nitrogen and oxygen atoms in total. The molecule has 1 fully saturated rings. The molecule has 3 aromatic rings. The monoisotopic (exact) mass is 391 g/mol. The first-order valence-corrected chi connectivity index (χ1v) is 9.54. The first-order chi connectivity index (χ1) is 14.1. The Kier molecular flexibility index (Phi) is 5.37. The van der Waals surface area contributed by atoms with Crippen LogP contribution >= 0.6 is 0 Å². The lowest BCUT2D eigenvalue weighted by molar-refractivity contribution is 0.102. The predicted molar refractivity (Wildman–Crippen MR) is 112 cm³/mol. The van der Waals surface area contributed by atoms with E-state index in [2.05, 4.69) is 20.2 Å². The summed E-state index contributed by atoms with van der Waals surface area (Å²) in [5, 5.41) is 2.82. The van der Waals surface area contributed by atoms with Gasteiger partial charge in [0.25, 0.3) is 5.91 Å². The van der Waals surface area contributed by atoms with Gasteiger partial charge in [-0.15, -0.1) is 0 Å². The molecular weight excluding hydrogens is 369 g/mol. The topological polar surface area (TPSA) is 61.4 Å². The van der Waals surface area contributed by atoms with Gasteiger partial charge in [-0.1, -0.05) is 29.8 Å². The second-order valence-electron chi connectivity index (χ2n) is 7.01. The van der Waals surface area contributed by atoms with Crippen molar-refractivity contribution in [3.63, 3.8) is 0 Å². The van der Waals surface area contributed by atoms with Crippen LogP contribution in [-0.4, -0.2) is 42.1 Å². The molecule has 0 aliphatic carbocycles. The van der Waals surface area contributed by atoms with Gasteiger partial charge in [-0.25, -0.2) is 14.4 Å². The van der Waals surface area contributed by atoms with E-state index < -0.39 is 0 Å². The van der Waals surface area contributed by atoms with Crippen LogP contribution in [-0.2, 0) is 0 Å². The van der Waals surface area contributed by atoms with Crippen LogP contribution in [0.4, 0.5) is 21.6 Å². The fourth-order valence-corrected chi connectivity index (χ4v) is 3.32. The molecule has 7 heteroatoms. The molecule has 0 radical (unpaired) electrons. The van der Waals surface area contributed by atoms with Gasteiger partial charge in [0.1, 0.15) is 17.3 Å². The van der Waals surface area contributed by atoms with Crippen molar-refractivity contribution in [3.8, 4) is 0 Å². The molecule has 29 heavy (non-hydrogen) atoms. The van der Waals surface area contributed by atoms with Gasteiger partial charge in [0, 0.05) is 31.9 Å². The maximum atomic E-state index is 14.0. The molecule has 0 atom stereocenters. The average molecular weight is 391 g/mol. The number of anilines is 3. The number of carbonyl (C=O) groups is 1. The Bertz CT molecular complexity index is 983. The SMILES string of the molecule is Cc1ccc(NC(=O)c2cnc(N3CCN(c4ccccc4F)CC3)cn2)cc1. The quantitative estimate of drug-likeness (QED) is 0.738. The maximum Gasteiger partial charge on any atom is 0.275 e. The highest BCUT2D eigenvalue weighted by molar-refractivity contribution is 6.02. The third-order valence-electron chi connectivity index (χ3n) is 4.98. The number of aryl methyl sites for hydroxylation is 1. The van der Waals surface area contributed by atoms with E-state index in [9.17, 15) is 9.18 Å². The third-order valence-corrected chi connectivity index (χ3v) is 4.98. The number of hydrogen-bond donors (Lipinski definition) is 1. The van der Waals surface area contributed by atoms with E-state index in [0.717, 1.165) is 11.3 Å². The Morgan fingerprint density at radius 3 is 2.28 bits per heavy atom. The summed E-state index contributed by atoms with van der Waals surface area (Å²) in [6, 6.07) is 14.4. The maximum absolute atomic E-state index is 14.0. The largest absolute Gasteiger partial charge is 0.366 e. The number of halogens is 1. The molecule has 0 spiro atoms. The van der Waals surface area contributed by atoms with Gasteiger partial charge in [0.15, 0.2) is 0 Å². The van der Waals surface area contributed by atoms with Gasteiger partial charge in [-0.05, 0) is 31.2 Å². The number of hydrogen-bond acceptors (Lipinski definition) is 5. The van der Waals surface area contributed by atoms with Gasteiger partial charge in [0.05, 0.1) is 18.1 Å². The van der Waals surface area contributed by atoms with E-state index in [-0.39, 0.29) is 17.4 Å². The van der Waals surface area contributed by atoms with Crippen LogP contribution in [0.3, 0.4) is 0 Å². The van der Waals surface area contributed by atoms with E-state index in [4.69, 9.17) is 0 Å². The number of carbonyl (C=O) groups excluding carboxylic acids is 1. The molecular formula is C22H22FN5O. The smallest absolute Gasteiger partial charge is 0.275 e. The van der Waals surface area contributed by atoms with Crippen molar-refractivity contribution >= 4 is 23.1 Å². The molecule has 2 heterocycles. The van der Waals surface area contributed by atoms with Crippen LogP contribution in [0.5, 0.6) is 0 Å². The number of amides is 1. The molecule has 1 aliphatic rings. The summed E-state index contributed by atoms with van der Waals surface area (Å²) >= 11 is 0. The number of nitrogens with one attached hydrogen (secondary N) is 1. The van der Waals surface area contributed by atoms with E-state index in [1.54, 1.807) is 18.3 Å². The number of benzene rings is 2. The van der Waals surface area contributed by atoms with Gasteiger partial charge < -0.3 is 15.1 Å². The fraction of sp³-hybridized carbons (Fsp3) is 0.227. The van der Waals surface area contributed by atoms with Crippen molar-refractivity contribution in [3.05, 3.63) is 78.0 Å². The lowest BCUT2D eigenvalue weighted by atomic mass is 10.2. The van der Waals surface area contributed by atoms with Crippen LogP contribution in [0.15, 0.2) is 60.9 Å². The van der Waals surface area contributed by atoms with E-state index in [1.807, 2.05) is 42.2 Å². The minimum absolute atomic E-state index is 0.204. The Hall–Kier alpha value is -3.48. The average Bonchev–Trinajstić information content (AvgIpc) is 2.76. The van der Waals surface area contributed by atoms with Crippen LogP contribution in [0.2, 0.25) is 0 Å². The first-order valence-electron chi connectivity index (χ1n) is 9.54. The summed E-state index contributed by atoms with van der Waals surface area (Å²) in [4.78, 5) is 25.1. The van der Waals surface area contributed by atoms with Gasteiger partial charge in [-0.2, -0.15) is 0 Å². The third kappa shape index (κ3) is 4.34. The van der Waals surface area contributed by atoms with Crippen LogP contribution < -0.4 is 15.1 Å². The highest BCUT2D eigenvalue weighted by Crippen LogP contribution is 2.21. The van der Waals surface area contributed by atoms with Crippen molar-refractivity contribution in [1.29, 1.82) is 0 Å². The highest BCUT2D eigenvalue weighted by atomic mass is 19.1. The molecule has 0 saturated carbocycles. The number of rotatable bonds is 4. The van der Waals surface area contributed by atoms with Crippen molar-refractivity contribution in [1.82, 2.24) is 9.97 Å². The molecule has 1 N–H and O–H groups in total. The summed E-state index contributed by atoms with van der Waals surface area (Å²) < 4.78 is 14.0. The summed E-state index contributed by atoms with van der Waals surface area (Å²) in [7, 11) is 0. The molecule has 1 aliphatic heterocycles. The van der Waals surface area contributed by atoms with Crippen molar-refractivity contribution in [2.24, 2.45) is 0 Å². The molecule has 1 aromatic heterocycles. The molecule has 0 unspecified atom stereocenters. The van der Waals surface area contributed by atoms with Gasteiger partial charge >= 0.3 is 0 Å². The molecule has 1 saturated heterocycles. The lowest BCUT2D eigenvalue weighted by Gasteiger charge is -2.36. The zero-order chi connectivity index (χ0) is 20.2. The zero-order valence-electron chi connectivity index (χ0n) is 16.2. The first kappa shape index (κ1) is 18.9. The minimum Gasteiger partial charge on any atom is -0.366 e. The molecule has 0 bridgehead atoms. The van der Waals surface area contributed by atoms with Crippen LogP contribution in [0, 0.1) is 12.7 Å². The fourth-order valence-electron chi connectivity index (χ4n) is 3.32. The summed E-state index contributed by atoms with van der Waals surface area (Å²) in [5.74, 6) is 0.215. The van der Waals surface area contributed by atoms with Crippen molar-refractivity contribution in [2.75, 3.05) is 41.3 Å². The highest BCUT2D eigenvalue weighted by Gasteiger charge is 2.20. The summed E-state index contributed by atoms with van der Waals surface area (Å²) in [5.41, 5.74) is 2.73. The van der Waals surface area contributed by atoms with Crippen molar-refractivity contribution < 1.29 is 9.18 Å². The lowest BCUT2D eigenvalue weighted by Crippen LogP contribution is -2.47. The Balaban J connectivity index is 1.36. The van der Waals surface area contributed by atoms with E-state index in [0.29, 0.717) is 37.7 Å². The number of aromatic nitrogens is 2. The second kappa shape index (κ2) is 8.26. The Morgan fingerprint density at radius 1 is 0.931 bits per heavy atom. The Labute approximate surface area is 169 Å². The molecule has 2 aromatic carbocycles. The molecule has 4 rings (SSSR count). The second-order valence-corrected chi connectivity index (χ2v) is 7.01. The summed E-state index contributed by atoms with van der Waals surface area (Å²) in [6.07, 6.45) is 3.10. The standard InChI is InChI=1S/C22H22FN5O/c1-16-6-8-17(9-7-16)26-22(29)19-14-25-21(15-24-19)28-12-10-27(11-13-28)20-5-3-2-4-18(20)23/h2-9,14-15H,10-13H2,1H3,(H,26,29). The minimum atomic E-state index is -0.294. The zero-order valence-corrected chi connectivity index (χ0v) is 16.2. The predicted octanol–water partition coefficient (Wildman–Crippen LogP) is 3.50. The van der Waals surface area contributed by atoms with Gasteiger partial charge in [-0.3, -0.25) is 4.79 Å². The summed E-state index contributed by atoms with van der Waals surface area (Å²) in [6.45, 7) is 4.79. The number of para-hydroxylation sites is 1. The number of piperazine rings is 1. The molecule has 148 valence electrons. The van der Waals surface area contributed by atoms with E-state index in [1.165, 1.54) is 12.3 Å². The van der Waals surface area contributed by atoms with Crippen LogP contribution in [0.1, 0.15) is 16.1 Å². The Morgan fingerprint density at radius 2 is 1.62 bits per heavy atom. The van der Waals surface area contributed by atoms with Gasteiger partial charge in [0.2, 0.25) is 0 Å². The van der Waals surface area contributed by atoms with Crippen LogP contribution in [0.25, 0.3) is 0 Å². The number of nitrogens with zero attached hydrogens (tertiary/aromatic N) is 4. The van der Waals surface area contributed by atoms with Crippen molar-refractivity contribution in [2.45, 2.75) is 6.92 Å². The normalized spacial score (nSPS) is 14.0. The molecule has 1 amide bonds. The van der Waals surface area contributed by atoms with E-state index >= 15 is 0 Å².